The third-order valence-electron chi connectivity index (χ3n) is 5.59. The van der Waals surface area contributed by atoms with Gasteiger partial charge in [-0.3, -0.25) is 9.59 Å². The molecule has 0 radical (unpaired) electrons. The molecule has 1 fully saturated rings. The SMILES string of the molecule is NC(=O)C1CCCN(c2ccc(NC(=O)c3ccc(CSc4ccc(Cl)cc4)cc3)cn2)C1. The first-order chi connectivity index (χ1) is 16.0. The van der Waals surface area contributed by atoms with Crippen LogP contribution in [0.2, 0.25) is 5.02 Å². The number of primary amides is 1. The van der Waals surface area contributed by atoms with Crippen molar-refractivity contribution in [3.05, 3.63) is 83.0 Å². The smallest absolute Gasteiger partial charge is 0.255 e. The van der Waals surface area contributed by atoms with Crippen LogP contribution in [0, 0.1) is 5.92 Å². The Labute approximate surface area is 202 Å². The molecular formula is C25H25ClN4O2S. The van der Waals surface area contributed by atoms with E-state index in [1.807, 2.05) is 60.7 Å². The Hall–Kier alpha value is -3.03. The van der Waals surface area contributed by atoms with Crippen molar-refractivity contribution in [1.29, 1.82) is 0 Å². The minimum absolute atomic E-state index is 0.146. The summed E-state index contributed by atoms with van der Waals surface area (Å²) >= 11 is 7.64. The molecule has 4 rings (SSSR count). The zero-order valence-corrected chi connectivity index (χ0v) is 19.6. The van der Waals surface area contributed by atoms with Crippen molar-refractivity contribution >= 4 is 46.7 Å². The van der Waals surface area contributed by atoms with Crippen LogP contribution in [0.5, 0.6) is 0 Å². The van der Waals surface area contributed by atoms with E-state index in [4.69, 9.17) is 17.3 Å². The predicted octanol–water partition coefficient (Wildman–Crippen LogP) is 4.98. The van der Waals surface area contributed by atoms with Gasteiger partial charge in [-0.15, -0.1) is 11.8 Å². The van der Waals surface area contributed by atoms with Gasteiger partial charge in [0, 0.05) is 34.3 Å². The summed E-state index contributed by atoms with van der Waals surface area (Å²) in [5.41, 5.74) is 7.80. The highest BCUT2D eigenvalue weighted by Gasteiger charge is 2.24. The first-order valence-corrected chi connectivity index (χ1v) is 12.1. The first kappa shape index (κ1) is 23.1. The van der Waals surface area contributed by atoms with Crippen molar-refractivity contribution in [2.24, 2.45) is 11.7 Å². The van der Waals surface area contributed by atoms with Crippen molar-refractivity contribution in [2.75, 3.05) is 23.3 Å². The largest absolute Gasteiger partial charge is 0.369 e. The summed E-state index contributed by atoms with van der Waals surface area (Å²) in [4.78, 5) is 31.8. The molecule has 1 aromatic heterocycles. The molecule has 3 N–H and O–H groups in total. The van der Waals surface area contributed by atoms with Crippen LogP contribution in [0.1, 0.15) is 28.8 Å². The summed E-state index contributed by atoms with van der Waals surface area (Å²) in [7, 11) is 0. The van der Waals surface area contributed by atoms with Gasteiger partial charge in [-0.05, 0) is 66.9 Å². The van der Waals surface area contributed by atoms with Crippen LogP contribution in [0.4, 0.5) is 11.5 Å². The summed E-state index contributed by atoms with van der Waals surface area (Å²) < 4.78 is 0. The van der Waals surface area contributed by atoms with E-state index in [9.17, 15) is 9.59 Å². The lowest BCUT2D eigenvalue weighted by atomic mass is 9.97. The average Bonchev–Trinajstić information content (AvgIpc) is 2.84. The van der Waals surface area contributed by atoms with Gasteiger partial charge < -0.3 is 16.0 Å². The highest BCUT2D eigenvalue weighted by Crippen LogP contribution is 2.25. The monoisotopic (exact) mass is 480 g/mol. The highest BCUT2D eigenvalue weighted by molar-refractivity contribution is 7.98. The van der Waals surface area contributed by atoms with Gasteiger partial charge in [0.05, 0.1) is 17.8 Å². The van der Waals surface area contributed by atoms with E-state index >= 15 is 0 Å². The second kappa shape index (κ2) is 10.7. The molecule has 1 aliphatic heterocycles. The van der Waals surface area contributed by atoms with Crippen LogP contribution in [0.15, 0.2) is 71.8 Å². The normalized spacial score (nSPS) is 15.8. The van der Waals surface area contributed by atoms with Crippen molar-refractivity contribution in [3.8, 4) is 0 Å². The molecule has 1 atom stereocenters. The van der Waals surface area contributed by atoms with E-state index in [0.29, 0.717) is 17.8 Å². The van der Waals surface area contributed by atoms with E-state index in [1.165, 1.54) is 0 Å². The summed E-state index contributed by atoms with van der Waals surface area (Å²) in [5.74, 6) is 0.988. The Bertz CT molecular complexity index is 1100. The third kappa shape index (κ3) is 6.27. The van der Waals surface area contributed by atoms with E-state index in [1.54, 1.807) is 18.0 Å². The Kier molecular flexibility index (Phi) is 7.52. The number of nitrogens with zero attached hydrogens (tertiary/aromatic N) is 2. The van der Waals surface area contributed by atoms with Crippen LogP contribution >= 0.6 is 23.4 Å². The number of hydrogen-bond acceptors (Lipinski definition) is 5. The first-order valence-electron chi connectivity index (χ1n) is 10.8. The molecule has 1 saturated heterocycles. The second-order valence-electron chi connectivity index (χ2n) is 7.99. The Morgan fingerprint density at radius 3 is 2.52 bits per heavy atom. The molecule has 0 bridgehead atoms. The fourth-order valence-corrected chi connectivity index (χ4v) is 4.70. The van der Waals surface area contributed by atoms with E-state index in [-0.39, 0.29) is 17.7 Å². The van der Waals surface area contributed by atoms with Gasteiger partial charge in [0.25, 0.3) is 5.91 Å². The lowest BCUT2D eigenvalue weighted by Crippen LogP contribution is -2.41. The maximum atomic E-state index is 12.6. The lowest BCUT2D eigenvalue weighted by Gasteiger charge is -2.32. The van der Waals surface area contributed by atoms with E-state index < -0.39 is 0 Å². The van der Waals surface area contributed by atoms with Crippen LogP contribution in [-0.4, -0.2) is 29.9 Å². The molecule has 0 spiro atoms. The third-order valence-corrected chi connectivity index (χ3v) is 6.92. The van der Waals surface area contributed by atoms with Gasteiger partial charge in [0.1, 0.15) is 5.82 Å². The Balaban J connectivity index is 1.31. The molecule has 2 amide bonds. The summed E-state index contributed by atoms with van der Waals surface area (Å²) in [6.07, 6.45) is 3.36. The molecule has 2 aromatic carbocycles. The number of pyridine rings is 1. The van der Waals surface area contributed by atoms with Gasteiger partial charge in [0.15, 0.2) is 0 Å². The molecule has 1 unspecified atom stereocenters. The minimum Gasteiger partial charge on any atom is -0.369 e. The Morgan fingerprint density at radius 1 is 1.09 bits per heavy atom. The van der Waals surface area contributed by atoms with E-state index in [2.05, 4.69) is 15.2 Å². The van der Waals surface area contributed by atoms with Crippen molar-refractivity contribution in [1.82, 2.24) is 4.98 Å². The lowest BCUT2D eigenvalue weighted by molar-refractivity contribution is -0.122. The number of nitrogens with two attached hydrogens (primary N) is 1. The molecule has 0 aliphatic carbocycles. The molecule has 6 nitrogen and oxygen atoms in total. The van der Waals surface area contributed by atoms with Crippen molar-refractivity contribution in [2.45, 2.75) is 23.5 Å². The number of anilines is 2. The maximum absolute atomic E-state index is 12.6. The molecular weight excluding hydrogens is 456 g/mol. The zero-order chi connectivity index (χ0) is 23.2. The number of piperidine rings is 1. The number of carbonyl (C=O) groups is 2. The molecule has 170 valence electrons. The van der Waals surface area contributed by atoms with Gasteiger partial charge >= 0.3 is 0 Å². The number of benzene rings is 2. The number of halogens is 1. The van der Waals surface area contributed by atoms with Crippen LogP contribution in [-0.2, 0) is 10.5 Å². The number of thioether (sulfide) groups is 1. The topological polar surface area (TPSA) is 88.3 Å². The fraction of sp³-hybridized carbons (Fsp3) is 0.240. The molecule has 1 aliphatic rings. The second-order valence-corrected chi connectivity index (χ2v) is 9.47. The number of hydrogen-bond donors (Lipinski definition) is 2. The fourth-order valence-electron chi connectivity index (χ4n) is 3.72. The summed E-state index contributed by atoms with van der Waals surface area (Å²) in [5, 5.41) is 3.61. The molecule has 8 heteroatoms. The number of rotatable bonds is 7. The van der Waals surface area contributed by atoms with Crippen molar-refractivity contribution < 1.29 is 9.59 Å². The maximum Gasteiger partial charge on any atom is 0.255 e. The molecule has 33 heavy (non-hydrogen) atoms. The standard InChI is InChI=1S/C25H25ClN4O2S/c26-20-7-10-22(11-8-20)33-16-17-3-5-18(6-4-17)25(32)29-21-9-12-23(28-14-21)30-13-1-2-19(15-30)24(27)31/h3-12,14,19H,1-2,13,15-16H2,(H2,27,31)(H,29,32). The zero-order valence-electron chi connectivity index (χ0n) is 18.0. The van der Waals surface area contributed by atoms with E-state index in [0.717, 1.165) is 46.4 Å². The minimum atomic E-state index is -0.266. The predicted molar refractivity (Wildman–Crippen MR) is 134 cm³/mol. The van der Waals surface area contributed by atoms with Gasteiger partial charge in [0.2, 0.25) is 5.91 Å². The molecule has 0 saturated carbocycles. The quantitative estimate of drug-likeness (QED) is 0.465. The Morgan fingerprint density at radius 2 is 1.85 bits per heavy atom. The van der Waals surface area contributed by atoms with Gasteiger partial charge in [-0.25, -0.2) is 4.98 Å². The number of aromatic nitrogens is 1. The van der Waals surface area contributed by atoms with Gasteiger partial charge in [-0.1, -0.05) is 23.7 Å². The van der Waals surface area contributed by atoms with Crippen LogP contribution in [0.25, 0.3) is 0 Å². The van der Waals surface area contributed by atoms with Crippen LogP contribution < -0.4 is 16.0 Å². The summed E-state index contributed by atoms with van der Waals surface area (Å²) in [6.45, 7) is 1.42. The number of nitrogens with one attached hydrogen (secondary N) is 1. The van der Waals surface area contributed by atoms with Gasteiger partial charge in [-0.2, -0.15) is 0 Å². The number of carbonyl (C=O) groups excluding carboxylic acids is 2. The average molecular weight is 481 g/mol. The molecule has 2 heterocycles. The van der Waals surface area contributed by atoms with Crippen LogP contribution in [0.3, 0.4) is 0 Å². The summed E-state index contributed by atoms with van der Waals surface area (Å²) in [6, 6.07) is 19.0. The molecule has 3 aromatic rings. The van der Waals surface area contributed by atoms with Crippen molar-refractivity contribution in [3.63, 3.8) is 0 Å². The highest BCUT2D eigenvalue weighted by atomic mass is 35.5. The number of amides is 2.